The van der Waals surface area contributed by atoms with E-state index in [1.165, 1.54) is 27.1 Å². The number of hydrogen-bond acceptors (Lipinski definition) is 0. The van der Waals surface area contributed by atoms with Crippen LogP contribution < -0.4 is 10.4 Å². The van der Waals surface area contributed by atoms with Crippen LogP contribution in [0.4, 0.5) is 0 Å². The van der Waals surface area contributed by atoms with Crippen LogP contribution in [0.1, 0.15) is 50.7 Å². The molecule has 1 unspecified atom stereocenters. The zero-order valence-corrected chi connectivity index (χ0v) is 11.5. The maximum atomic E-state index is 2.41. The summed E-state index contributed by atoms with van der Waals surface area (Å²) in [5, 5.41) is 2.83. The summed E-state index contributed by atoms with van der Waals surface area (Å²) in [5.74, 6) is 0.605. The van der Waals surface area contributed by atoms with Crippen molar-refractivity contribution in [3.05, 3.63) is 51.4 Å². The molecule has 0 bridgehead atoms. The van der Waals surface area contributed by atoms with E-state index in [0.717, 1.165) is 12.8 Å². The summed E-state index contributed by atoms with van der Waals surface area (Å²) in [6.45, 7) is 6.73. The van der Waals surface area contributed by atoms with Gasteiger partial charge in [-0.2, -0.15) is 0 Å². The Morgan fingerprint density at radius 2 is 2.06 bits per heavy atom. The van der Waals surface area contributed by atoms with E-state index in [0.29, 0.717) is 5.92 Å². The number of rotatable bonds is 1. The van der Waals surface area contributed by atoms with E-state index in [2.05, 4.69) is 57.2 Å². The van der Waals surface area contributed by atoms with Crippen molar-refractivity contribution < 1.29 is 0 Å². The summed E-state index contributed by atoms with van der Waals surface area (Å²) in [5.41, 5.74) is 6.01. The Morgan fingerprint density at radius 1 is 1.22 bits per heavy atom. The molecule has 0 aliphatic heterocycles. The second-order valence-corrected chi connectivity index (χ2v) is 5.40. The summed E-state index contributed by atoms with van der Waals surface area (Å²) >= 11 is 0. The van der Waals surface area contributed by atoms with E-state index in [-0.39, 0.29) is 0 Å². The lowest BCUT2D eigenvalue weighted by atomic mass is 9.76. The lowest BCUT2D eigenvalue weighted by molar-refractivity contribution is 0.782. The summed E-state index contributed by atoms with van der Waals surface area (Å²) in [7, 11) is 0. The molecule has 2 aliphatic carbocycles. The van der Waals surface area contributed by atoms with Gasteiger partial charge >= 0.3 is 0 Å². The van der Waals surface area contributed by atoms with E-state index in [9.17, 15) is 0 Å². The molecule has 0 heterocycles. The van der Waals surface area contributed by atoms with Gasteiger partial charge in [0.15, 0.2) is 0 Å². The molecule has 1 atom stereocenters. The van der Waals surface area contributed by atoms with Crippen molar-refractivity contribution in [2.24, 2.45) is 0 Å². The van der Waals surface area contributed by atoms with Crippen molar-refractivity contribution in [3.8, 4) is 0 Å². The monoisotopic (exact) mass is 236 g/mol. The molecule has 0 saturated heterocycles. The number of hydrogen-bond donors (Lipinski definition) is 0. The summed E-state index contributed by atoms with van der Waals surface area (Å²) in [6.07, 6.45) is 11.6. The van der Waals surface area contributed by atoms with Gasteiger partial charge in [0.05, 0.1) is 0 Å². The standard InChI is InChI=1S/C18H20/c1-4-5-14-9-10-15-8-6-12(2)16-11-7-13(3)17(14)18(15)16/h5-10,16H,4,11H2,1-3H3/b14-5-. The first-order valence-electron chi connectivity index (χ1n) is 6.91. The second-order valence-electron chi connectivity index (χ2n) is 5.40. The first-order chi connectivity index (χ1) is 8.72. The Morgan fingerprint density at radius 3 is 2.83 bits per heavy atom. The third-order valence-corrected chi connectivity index (χ3v) is 4.21. The lowest BCUT2D eigenvalue weighted by Crippen LogP contribution is -2.27. The molecule has 0 aromatic heterocycles. The van der Waals surface area contributed by atoms with E-state index in [1.807, 2.05) is 0 Å². The van der Waals surface area contributed by atoms with Crippen LogP contribution in [0.2, 0.25) is 0 Å². The fourth-order valence-electron chi connectivity index (χ4n) is 3.27. The van der Waals surface area contributed by atoms with E-state index >= 15 is 0 Å². The summed E-state index contributed by atoms with van der Waals surface area (Å²) in [4.78, 5) is 0. The van der Waals surface area contributed by atoms with Crippen LogP contribution in [0.25, 0.3) is 17.7 Å². The largest absolute Gasteiger partial charge is 0.0800 e. The predicted octanol–water partition coefficient (Wildman–Crippen LogP) is 3.51. The molecule has 1 aromatic carbocycles. The fourth-order valence-corrected chi connectivity index (χ4v) is 3.27. The first-order valence-corrected chi connectivity index (χ1v) is 6.91. The van der Waals surface area contributed by atoms with Crippen LogP contribution in [0.5, 0.6) is 0 Å². The average molecular weight is 236 g/mol. The minimum Gasteiger partial charge on any atom is -0.0800 e. The van der Waals surface area contributed by atoms with Crippen LogP contribution in [0, 0.1) is 0 Å². The molecule has 0 N–H and O–H groups in total. The quantitative estimate of drug-likeness (QED) is 0.700. The molecule has 0 fully saturated rings. The Kier molecular flexibility index (Phi) is 2.74. The van der Waals surface area contributed by atoms with Gasteiger partial charge in [0.2, 0.25) is 0 Å². The molecule has 0 heteroatoms. The molecule has 3 rings (SSSR count). The van der Waals surface area contributed by atoms with Gasteiger partial charge in [0.1, 0.15) is 0 Å². The molecule has 92 valence electrons. The fraction of sp³-hybridized carbons (Fsp3) is 0.333. The molecule has 0 spiro atoms. The molecule has 1 aromatic rings. The van der Waals surface area contributed by atoms with Gasteiger partial charge in [-0.1, -0.05) is 48.9 Å². The van der Waals surface area contributed by atoms with Crippen LogP contribution in [0.3, 0.4) is 0 Å². The molecular formula is C18H20. The summed E-state index contributed by atoms with van der Waals surface area (Å²) in [6, 6.07) is 4.57. The molecule has 0 amide bonds. The molecule has 0 radical (unpaired) electrons. The van der Waals surface area contributed by atoms with Crippen LogP contribution in [0.15, 0.2) is 29.9 Å². The van der Waals surface area contributed by atoms with Gasteiger partial charge in [-0.25, -0.2) is 0 Å². The van der Waals surface area contributed by atoms with Gasteiger partial charge < -0.3 is 0 Å². The Labute approximate surface area is 109 Å². The third kappa shape index (κ3) is 1.59. The normalized spacial score (nSPS) is 21.9. The number of benzene rings is 1. The SMILES string of the molecule is CC/C=c1/ccc2c3c1C(C)=CCC3C(C)=CC=2. The molecule has 18 heavy (non-hydrogen) atoms. The number of allylic oxidation sites excluding steroid dienone is 4. The maximum absolute atomic E-state index is 2.41. The zero-order valence-electron chi connectivity index (χ0n) is 11.5. The lowest BCUT2D eigenvalue weighted by Gasteiger charge is -2.28. The topological polar surface area (TPSA) is 0 Å². The van der Waals surface area contributed by atoms with Gasteiger partial charge in [0.25, 0.3) is 0 Å². The molecule has 0 nitrogen and oxygen atoms in total. The van der Waals surface area contributed by atoms with Crippen molar-refractivity contribution >= 4 is 17.7 Å². The van der Waals surface area contributed by atoms with Crippen molar-refractivity contribution in [1.82, 2.24) is 0 Å². The highest BCUT2D eigenvalue weighted by atomic mass is 14.3. The molecule has 0 saturated carbocycles. The molecule has 2 aliphatic rings. The maximum Gasteiger partial charge on any atom is 0.00954 e. The van der Waals surface area contributed by atoms with Crippen molar-refractivity contribution in [2.45, 2.75) is 39.5 Å². The average Bonchev–Trinajstić information content (AvgIpc) is 2.37. The predicted molar refractivity (Wildman–Crippen MR) is 79.7 cm³/mol. The Balaban J connectivity index is 2.41. The van der Waals surface area contributed by atoms with Crippen LogP contribution in [-0.4, -0.2) is 0 Å². The van der Waals surface area contributed by atoms with Gasteiger partial charge in [-0.3, -0.25) is 0 Å². The highest BCUT2D eigenvalue weighted by Gasteiger charge is 2.24. The smallest absolute Gasteiger partial charge is 0.00954 e. The Hall–Kier alpha value is -1.56. The van der Waals surface area contributed by atoms with E-state index in [1.54, 1.807) is 5.56 Å². The zero-order chi connectivity index (χ0) is 12.7. The van der Waals surface area contributed by atoms with E-state index < -0.39 is 0 Å². The first kappa shape index (κ1) is 11.5. The van der Waals surface area contributed by atoms with Crippen molar-refractivity contribution in [3.63, 3.8) is 0 Å². The third-order valence-electron chi connectivity index (χ3n) is 4.21. The molecular weight excluding hydrogens is 216 g/mol. The highest BCUT2D eigenvalue weighted by molar-refractivity contribution is 5.73. The Bertz CT molecular complexity index is 669. The van der Waals surface area contributed by atoms with Gasteiger partial charge in [-0.15, -0.1) is 0 Å². The van der Waals surface area contributed by atoms with Crippen molar-refractivity contribution in [1.29, 1.82) is 0 Å². The minimum absolute atomic E-state index is 0.605. The second kappa shape index (κ2) is 4.28. The van der Waals surface area contributed by atoms with Crippen molar-refractivity contribution in [2.75, 3.05) is 0 Å². The highest BCUT2D eigenvalue weighted by Crippen LogP contribution is 2.36. The van der Waals surface area contributed by atoms with Gasteiger partial charge in [0, 0.05) is 5.92 Å². The summed E-state index contributed by atoms with van der Waals surface area (Å²) < 4.78 is 0. The van der Waals surface area contributed by atoms with E-state index in [4.69, 9.17) is 0 Å². The van der Waals surface area contributed by atoms with Gasteiger partial charge in [-0.05, 0) is 53.8 Å². The minimum atomic E-state index is 0.605. The van der Waals surface area contributed by atoms with Crippen LogP contribution in [-0.2, 0) is 0 Å². The van der Waals surface area contributed by atoms with Crippen LogP contribution >= 0.6 is 0 Å².